The summed E-state index contributed by atoms with van der Waals surface area (Å²) in [6.45, 7) is 8.84. The molecule has 144 valence electrons. The summed E-state index contributed by atoms with van der Waals surface area (Å²) in [4.78, 5) is 36.6. The third-order valence-electron chi connectivity index (χ3n) is 3.61. The fourth-order valence-electron chi connectivity index (χ4n) is 2.51. The fourth-order valence-corrected chi connectivity index (χ4v) is 2.51. The Hall–Kier alpha value is -1.93. The Labute approximate surface area is 145 Å². The summed E-state index contributed by atoms with van der Waals surface area (Å²) in [7, 11) is 0. The summed E-state index contributed by atoms with van der Waals surface area (Å²) in [6, 6.07) is -2.84. The molecule has 0 aliphatic carbocycles. The maximum absolute atomic E-state index is 13.6. The molecule has 7 nitrogen and oxygen atoms in total. The van der Waals surface area contributed by atoms with E-state index in [0.717, 1.165) is 0 Å². The summed E-state index contributed by atoms with van der Waals surface area (Å²) in [5.74, 6) is -5.66. The lowest BCUT2D eigenvalue weighted by atomic mass is 9.85. The van der Waals surface area contributed by atoms with Gasteiger partial charge in [-0.05, 0) is 26.2 Å². The van der Waals surface area contributed by atoms with E-state index in [4.69, 9.17) is 9.84 Å². The third kappa shape index (κ3) is 5.82. The smallest absolute Gasteiger partial charge is 0.408 e. The number of likely N-dealkylation sites (tertiary alicyclic amines) is 1. The van der Waals surface area contributed by atoms with Crippen LogP contribution in [0.3, 0.4) is 0 Å². The summed E-state index contributed by atoms with van der Waals surface area (Å²) >= 11 is 0. The zero-order valence-corrected chi connectivity index (χ0v) is 15.4. The molecule has 0 radical (unpaired) electrons. The lowest BCUT2D eigenvalue weighted by Crippen LogP contribution is -2.57. The van der Waals surface area contributed by atoms with Gasteiger partial charge >= 0.3 is 12.1 Å². The number of alkyl carbamates (subject to hydrolysis) is 1. The monoisotopic (exact) mass is 364 g/mol. The van der Waals surface area contributed by atoms with Gasteiger partial charge in [-0.3, -0.25) is 4.79 Å². The van der Waals surface area contributed by atoms with Crippen LogP contribution in [0.5, 0.6) is 0 Å². The van der Waals surface area contributed by atoms with E-state index in [1.807, 2.05) is 0 Å². The molecule has 2 unspecified atom stereocenters. The zero-order valence-electron chi connectivity index (χ0n) is 15.4. The van der Waals surface area contributed by atoms with Gasteiger partial charge in [0, 0.05) is 6.42 Å². The number of alkyl halides is 2. The Bertz CT molecular complexity index is 552. The van der Waals surface area contributed by atoms with E-state index in [-0.39, 0.29) is 0 Å². The molecule has 0 aromatic rings. The van der Waals surface area contributed by atoms with Crippen molar-refractivity contribution in [3.63, 3.8) is 0 Å². The number of carboxylic acids is 1. The van der Waals surface area contributed by atoms with Crippen LogP contribution in [0.1, 0.15) is 48.0 Å². The Morgan fingerprint density at radius 1 is 1.20 bits per heavy atom. The average molecular weight is 364 g/mol. The maximum Gasteiger partial charge on any atom is 0.408 e. The predicted molar refractivity (Wildman–Crippen MR) is 85.3 cm³/mol. The molecule has 0 aromatic heterocycles. The van der Waals surface area contributed by atoms with Crippen LogP contribution in [0.2, 0.25) is 0 Å². The number of carboxylic acid groups (broad SMARTS) is 1. The van der Waals surface area contributed by atoms with Crippen LogP contribution < -0.4 is 5.32 Å². The molecule has 2 amide bonds. The number of aliphatic carboxylic acids is 1. The summed E-state index contributed by atoms with van der Waals surface area (Å²) in [5, 5.41) is 11.5. The van der Waals surface area contributed by atoms with Crippen molar-refractivity contribution in [1.29, 1.82) is 0 Å². The van der Waals surface area contributed by atoms with Crippen molar-refractivity contribution in [3.8, 4) is 0 Å². The van der Waals surface area contributed by atoms with Crippen LogP contribution in [0.25, 0.3) is 0 Å². The number of rotatable bonds is 3. The van der Waals surface area contributed by atoms with Crippen molar-refractivity contribution in [1.82, 2.24) is 10.2 Å². The molecular weight excluding hydrogens is 338 g/mol. The molecule has 1 aliphatic heterocycles. The highest BCUT2D eigenvalue weighted by Gasteiger charge is 2.52. The summed E-state index contributed by atoms with van der Waals surface area (Å²) in [5.41, 5.74) is -1.64. The molecule has 25 heavy (non-hydrogen) atoms. The van der Waals surface area contributed by atoms with E-state index in [2.05, 4.69) is 5.32 Å². The molecule has 1 saturated heterocycles. The Balaban J connectivity index is 3.05. The second-order valence-corrected chi connectivity index (χ2v) is 8.33. The Kier molecular flexibility index (Phi) is 5.71. The molecule has 0 spiro atoms. The van der Waals surface area contributed by atoms with Gasteiger partial charge in [0.05, 0.1) is 6.54 Å². The molecule has 1 rings (SSSR count). The highest BCUT2D eigenvalue weighted by Crippen LogP contribution is 2.34. The molecular formula is C16H26F2N2O5. The molecule has 0 saturated carbocycles. The quantitative estimate of drug-likeness (QED) is 0.801. The number of nitrogens with zero attached hydrogens (tertiary/aromatic N) is 1. The zero-order chi connectivity index (χ0) is 19.8. The Morgan fingerprint density at radius 3 is 2.12 bits per heavy atom. The number of halogens is 2. The van der Waals surface area contributed by atoms with Crippen molar-refractivity contribution in [2.45, 2.75) is 71.6 Å². The van der Waals surface area contributed by atoms with Gasteiger partial charge in [-0.25, -0.2) is 18.4 Å². The van der Waals surface area contributed by atoms with Crippen molar-refractivity contribution in [3.05, 3.63) is 0 Å². The van der Waals surface area contributed by atoms with Gasteiger partial charge in [-0.15, -0.1) is 0 Å². The van der Waals surface area contributed by atoms with Gasteiger partial charge in [0.25, 0.3) is 5.92 Å². The second-order valence-electron chi connectivity index (χ2n) is 8.33. The number of carbonyl (C=O) groups excluding carboxylic acids is 2. The number of carbonyl (C=O) groups is 3. The van der Waals surface area contributed by atoms with Gasteiger partial charge in [-0.1, -0.05) is 20.8 Å². The molecule has 2 N–H and O–H groups in total. The molecule has 0 bridgehead atoms. The number of hydrogen-bond acceptors (Lipinski definition) is 4. The number of amides is 2. The largest absolute Gasteiger partial charge is 0.480 e. The lowest BCUT2D eigenvalue weighted by molar-refractivity contribution is -0.150. The van der Waals surface area contributed by atoms with Gasteiger partial charge in [0.15, 0.2) is 0 Å². The van der Waals surface area contributed by atoms with E-state index in [0.29, 0.717) is 4.90 Å². The summed E-state index contributed by atoms with van der Waals surface area (Å²) < 4.78 is 32.4. The highest BCUT2D eigenvalue weighted by atomic mass is 19.3. The van der Waals surface area contributed by atoms with Crippen molar-refractivity contribution in [2.24, 2.45) is 5.41 Å². The molecule has 1 heterocycles. The molecule has 1 aliphatic rings. The van der Waals surface area contributed by atoms with E-state index in [1.165, 1.54) is 0 Å². The topological polar surface area (TPSA) is 95.9 Å². The van der Waals surface area contributed by atoms with Crippen molar-refractivity contribution in [2.75, 3.05) is 6.54 Å². The third-order valence-corrected chi connectivity index (χ3v) is 3.61. The van der Waals surface area contributed by atoms with Crippen LogP contribution in [-0.4, -0.2) is 58.1 Å². The maximum atomic E-state index is 13.6. The Morgan fingerprint density at radius 2 is 1.72 bits per heavy atom. The number of ether oxygens (including phenoxy) is 1. The van der Waals surface area contributed by atoms with Crippen LogP contribution >= 0.6 is 0 Å². The number of nitrogens with one attached hydrogen (secondary N) is 1. The van der Waals surface area contributed by atoms with Crippen molar-refractivity contribution >= 4 is 18.0 Å². The standard InChI is InChI=1S/C16H26F2N2O5/c1-14(2,3)10(19-13(24)25-15(4,5)6)11(21)20-8-16(17,18)7-9(20)12(22)23/h9-10H,7-8H2,1-6H3,(H,19,24)(H,22,23). The van der Waals surface area contributed by atoms with E-state index in [9.17, 15) is 23.2 Å². The van der Waals surface area contributed by atoms with Crippen LogP contribution in [-0.2, 0) is 14.3 Å². The van der Waals surface area contributed by atoms with E-state index >= 15 is 0 Å². The van der Waals surface area contributed by atoms with E-state index < -0.39 is 60.0 Å². The molecule has 2 atom stereocenters. The SMILES string of the molecule is CC(C)(C)OC(=O)NC(C(=O)N1CC(F)(F)CC1C(=O)O)C(C)(C)C. The predicted octanol–water partition coefficient (Wildman–Crippen LogP) is 2.25. The number of hydrogen-bond donors (Lipinski definition) is 2. The highest BCUT2D eigenvalue weighted by molar-refractivity contribution is 5.90. The average Bonchev–Trinajstić information content (AvgIpc) is 2.68. The fraction of sp³-hybridized carbons (Fsp3) is 0.812. The minimum atomic E-state index is -3.28. The van der Waals surface area contributed by atoms with Crippen LogP contribution in [0.15, 0.2) is 0 Å². The van der Waals surface area contributed by atoms with Gasteiger partial charge in [0.2, 0.25) is 5.91 Å². The molecule has 9 heteroatoms. The lowest BCUT2D eigenvalue weighted by Gasteiger charge is -2.35. The molecule has 0 aromatic carbocycles. The minimum Gasteiger partial charge on any atom is -0.480 e. The second kappa shape index (κ2) is 6.76. The minimum absolute atomic E-state index is 0.621. The first-order chi connectivity index (χ1) is 11.0. The van der Waals surface area contributed by atoms with Gasteiger partial charge < -0.3 is 20.1 Å². The molecule has 1 fully saturated rings. The first-order valence-corrected chi connectivity index (χ1v) is 7.94. The van der Waals surface area contributed by atoms with Gasteiger partial charge in [0.1, 0.15) is 17.7 Å². The summed E-state index contributed by atoms with van der Waals surface area (Å²) in [6.07, 6.45) is -1.82. The normalized spacial score (nSPS) is 21.6. The first-order valence-electron chi connectivity index (χ1n) is 7.94. The van der Waals surface area contributed by atoms with Gasteiger partial charge in [-0.2, -0.15) is 0 Å². The van der Waals surface area contributed by atoms with E-state index in [1.54, 1.807) is 41.5 Å². The first kappa shape index (κ1) is 21.1. The van der Waals surface area contributed by atoms with Crippen LogP contribution in [0, 0.1) is 5.41 Å². The van der Waals surface area contributed by atoms with Crippen molar-refractivity contribution < 1.29 is 33.0 Å². The van der Waals surface area contributed by atoms with Crippen LogP contribution in [0.4, 0.5) is 13.6 Å².